The van der Waals surface area contributed by atoms with Crippen LogP contribution >= 0.6 is 11.3 Å². The molecule has 1 N–H and O–H groups in total. The van der Waals surface area contributed by atoms with Crippen molar-refractivity contribution in [2.75, 3.05) is 7.05 Å². The van der Waals surface area contributed by atoms with Gasteiger partial charge >= 0.3 is 5.97 Å². The molecular formula is C12H17NO3S. The molecule has 1 heterocycles. The zero-order chi connectivity index (χ0) is 13.2. The molecule has 0 aliphatic carbocycles. The van der Waals surface area contributed by atoms with Gasteiger partial charge in [0, 0.05) is 13.1 Å². The van der Waals surface area contributed by atoms with Crippen LogP contribution in [-0.2, 0) is 0 Å². The number of aromatic carboxylic acids is 1. The first-order valence-corrected chi connectivity index (χ1v) is 6.26. The molecular weight excluding hydrogens is 238 g/mol. The third kappa shape index (κ3) is 3.06. The summed E-state index contributed by atoms with van der Waals surface area (Å²) in [5.41, 5.74) is 0. The number of carbonyl (C=O) groups excluding carboxylic acids is 1. The third-order valence-electron chi connectivity index (χ3n) is 2.92. The van der Waals surface area contributed by atoms with Gasteiger partial charge in [-0.25, -0.2) is 4.79 Å². The summed E-state index contributed by atoms with van der Waals surface area (Å²) >= 11 is 1.02. The van der Waals surface area contributed by atoms with Gasteiger partial charge in [-0.3, -0.25) is 4.79 Å². The van der Waals surface area contributed by atoms with E-state index in [9.17, 15) is 9.59 Å². The van der Waals surface area contributed by atoms with E-state index < -0.39 is 5.97 Å². The van der Waals surface area contributed by atoms with Gasteiger partial charge in [0.15, 0.2) is 0 Å². The molecule has 0 aliphatic rings. The molecule has 0 bridgehead atoms. The van der Waals surface area contributed by atoms with Crippen molar-refractivity contribution in [2.45, 2.75) is 26.8 Å². The minimum atomic E-state index is -0.992. The largest absolute Gasteiger partial charge is 0.477 e. The van der Waals surface area contributed by atoms with E-state index in [1.165, 1.54) is 6.07 Å². The Morgan fingerprint density at radius 3 is 2.18 bits per heavy atom. The molecule has 1 unspecified atom stereocenters. The molecule has 1 atom stereocenters. The standard InChI is InChI=1S/C12H17NO3S/c1-7(2)8(3)13(4)11(14)9-5-6-10(17-9)12(15)16/h5-8H,1-4H3,(H,15,16). The number of hydrogen-bond acceptors (Lipinski definition) is 3. The first-order chi connectivity index (χ1) is 7.84. The van der Waals surface area contributed by atoms with Gasteiger partial charge < -0.3 is 10.0 Å². The van der Waals surface area contributed by atoms with Crippen LogP contribution in [0.2, 0.25) is 0 Å². The van der Waals surface area contributed by atoms with E-state index in [1.807, 2.05) is 20.8 Å². The first-order valence-electron chi connectivity index (χ1n) is 5.45. The molecule has 1 amide bonds. The van der Waals surface area contributed by atoms with Crippen LogP contribution in [0.25, 0.3) is 0 Å². The summed E-state index contributed by atoms with van der Waals surface area (Å²) in [5, 5.41) is 8.80. The normalized spacial score (nSPS) is 12.5. The molecule has 1 aromatic heterocycles. The van der Waals surface area contributed by atoms with E-state index in [0.717, 1.165) is 11.3 Å². The van der Waals surface area contributed by atoms with Crippen LogP contribution in [0.3, 0.4) is 0 Å². The molecule has 0 radical (unpaired) electrons. The highest BCUT2D eigenvalue weighted by Gasteiger charge is 2.21. The second kappa shape index (κ2) is 5.31. The minimum absolute atomic E-state index is 0.122. The maximum Gasteiger partial charge on any atom is 0.345 e. The highest BCUT2D eigenvalue weighted by Crippen LogP contribution is 2.20. The van der Waals surface area contributed by atoms with Gasteiger partial charge in [0.1, 0.15) is 4.88 Å². The van der Waals surface area contributed by atoms with Crippen molar-refractivity contribution in [2.24, 2.45) is 5.92 Å². The van der Waals surface area contributed by atoms with E-state index in [2.05, 4.69) is 0 Å². The number of amides is 1. The Morgan fingerprint density at radius 2 is 1.76 bits per heavy atom. The second-order valence-corrected chi connectivity index (χ2v) is 5.45. The van der Waals surface area contributed by atoms with E-state index >= 15 is 0 Å². The summed E-state index contributed by atoms with van der Waals surface area (Å²) in [7, 11) is 1.74. The highest BCUT2D eigenvalue weighted by molar-refractivity contribution is 7.15. The molecule has 0 spiro atoms. The number of carbonyl (C=O) groups is 2. The predicted octanol–water partition coefficient (Wildman–Crippen LogP) is 2.56. The Hall–Kier alpha value is -1.36. The second-order valence-electron chi connectivity index (χ2n) is 4.37. The summed E-state index contributed by atoms with van der Waals surface area (Å²) in [4.78, 5) is 25.1. The molecule has 94 valence electrons. The van der Waals surface area contributed by atoms with Gasteiger partial charge in [-0.05, 0) is 25.0 Å². The van der Waals surface area contributed by atoms with Crippen LogP contribution in [0.5, 0.6) is 0 Å². The molecule has 1 rings (SSSR count). The van der Waals surface area contributed by atoms with Crippen molar-refractivity contribution < 1.29 is 14.7 Å². The quantitative estimate of drug-likeness (QED) is 0.899. The number of hydrogen-bond donors (Lipinski definition) is 1. The maximum atomic E-state index is 12.1. The average molecular weight is 255 g/mol. The van der Waals surface area contributed by atoms with Crippen molar-refractivity contribution in [3.63, 3.8) is 0 Å². The van der Waals surface area contributed by atoms with Crippen molar-refractivity contribution in [3.8, 4) is 0 Å². The molecule has 0 aromatic carbocycles. The molecule has 0 aliphatic heterocycles. The molecule has 5 heteroatoms. The lowest BCUT2D eigenvalue weighted by atomic mass is 10.1. The van der Waals surface area contributed by atoms with Crippen molar-refractivity contribution in [3.05, 3.63) is 21.9 Å². The number of carboxylic acids is 1. The van der Waals surface area contributed by atoms with E-state index in [4.69, 9.17) is 5.11 Å². The Kier molecular flexibility index (Phi) is 4.28. The maximum absolute atomic E-state index is 12.1. The smallest absolute Gasteiger partial charge is 0.345 e. The Balaban J connectivity index is 2.85. The number of nitrogens with zero attached hydrogens (tertiary/aromatic N) is 1. The molecule has 4 nitrogen and oxygen atoms in total. The zero-order valence-electron chi connectivity index (χ0n) is 10.4. The third-order valence-corrected chi connectivity index (χ3v) is 3.98. The summed E-state index contributed by atoms with van der Waals surface area (Å²) in [6, 6.07) is 3.16. The van der Waals surface area contributed by atoms with Crippen LogP contribution < -0.4 is 0 Å². The Morgan fingerprint density at radius 1 is 1.24 bits per heavy atom. The lowest BCUT2D eigenvalue weighted by Crippen LogP contribution is -2.37. The van der Waals surface area contributed by atoms with Gasteiger partial charge in [0.25, 0.3) is 5.91 Å². The average Bonchev–Trinajstić information content (AvgIpc) is 2.75. The fourth-order valence-corrected chi connectivity index (χ4v) is 2.20. The van der Waals surface area contributed by atoms with Gasteiger partial charge in [-0.1, -0.05) is 13.8 Å². The fraction of sp³-hybridized carbons (Fsp3) is 0.500. The zero-order valence-corrected chi connectivity index (χ0v) is 11.2. The first kappa shape index (κ1) is 13.7. The number of carboxylic acid groups (broad SMARTS) is 1. The topological polar surface area (TPSA) is 57.6 Å². The van der Waals surface area contributed by atoms with E-state index in [0.29, 0.717) is 10.8 Å². The van der Waals surface area contributed by atoms with Crippen molar-refractivity contribution >= 4 is 23.2 Å². The van der Waals surface area contributed by atoms with E-state index in [1.54, 1.807) is 18.0 Å². The summed E-state index contributed by atoms with van der Waals surface area (Å²) < 4.78 is 0. The van der Waals surface area contributed by atoms with Gasteiger partial charge in [-0.2, -0.15) is 0 Å². The van der Waals surface area contributed by atoms with Crippen molar-refractivity contribution in [1.82, 2.24) is 4.90 Å². The lowest BCUT2D eigenvalue weighted by Gasteiger charge is -2.27. The number of rotatable bonds is 4. The number of thiophene rings is 1. The molecule has 0 saturated carbocycles. The lowest BCUT2D eigenvalue weighted by molar-refractivity contribution is 0.0698. The van der Waals surface area contributed by atoms with Crippen molar-refractivity contribution in [1.29, 1.82) is 0 Å². The van der Waals surface area contributed by atoms with Gasteiger partial charge in [0.2, 0.25) is 0 Å². The Labute approximate surface area is 105 Å². The Bertz CT molecular complexity index is 425. The molecule has 17 heavy (non-hydrogen) atoms. The van der Waals surface area contributed by atoms with Gasteiger partial charge in [-0.15, -0.1) is 11.3 Å². The summed E-state index contributed by atoms with van der Waals surface area (Å²) in [6.45, 7) is 6.07. The summed E-state index contributed by atoms with van der Waals surface area (Å²) in [6.07, 6.45) is 0. The monoisotopic (exact) mass is 255 g/mol. The molecule has 1 aromatic rings. The van der Waals surface area contributed by atoms with Gasteiger partial charge in [0.05, 0.1) is 4.88 Å². The SMILES string of the molecule is CC(C)C(C)N(C)C(=O)c1ccc(C(=O)O)s1. The van der Waals surface area contributed by atoms with Crippen LogP contribution in [0, 0.1) is 5.92 Å². The molecule has 0 fully saturated rings. The van der Waals surface area contributed by atoms with Crippen LogP contribution in [-0.4, -0.2) is 35.0 Å². The van der Waals surface area contributed by atoms with Crippen LogP contribution in [0.1, 0.15) is 40.1 Å². The molecule has 0 saturated heterocycles. The minimum Gasteiger partial charge on any atom is -0.477 e. The van der Waals surface area contributed by atoms with Crippen LogP contribution in [0.4, 0.5) is 0 Å². The fourth-order valence-electron chi connectivity index (χ4n) is 1.37. The summed E-state index contributed by atoms with van der Waals surface area (Å²) in [5.74, 6) is -0.750. The van der Waals surface area contributed by atoms with Crippen LogP contribution in [0.15, 0.2) is 12.1 Å². The van der Waals surface area contributed by atoms with E-state index in [-0.39, 0.29) is 16.8 Å². The predicted molar refractivity (Wildman–Crippen MR) is 67.7 cm³/mol. The highest BCUT2D eigenvalue weighted by atomic mass is 32.1.